The van der Waals surface area contributed by atoms with Gasteiger partial charge in [0, 0.05) is 26.3 Å². The molecule has 0 radical (unpaired) electrons. The quantitative estimate of drug-likeness (QED) is 0.710. The Balaban J connectivity index is 2.31. The Morgan fingerprint density at radius 2 is 2.44 bits per heavy atom. The predicted octanol–water partition coefficient (Wildman–Crippen LogP) is 0.904. The molecule has 2 unspecified atom stereocenters. The summed E-state index contributed by atoms with van der Waals surface area (Å²) >= 11 is 0. The maximum atomic E-state index is 11.8. The fourth-order valence-corrected chi connectivity index (χ4v) is 2.10. The van der Waals surface area contributed by atoms with Crippen molar-refractivity contribution >= 4 is 5.91 Å². The molecule has 1 aliphatic rings. The second kappa shape index (κ2) is 7.63. The zero-order valence-electron chi connectivity index (χ0n) is 10.2. The number of carbonyl (C=O) groups excluding carboxylic acids is 1. The zero-order chi connectivity index (χ0) is 11.8. The SMILES string of the molecule is CCCNC(=O)C(CN)CC1CCCOC1. The normalized spacial score (nSPS) is 22.8. The van der Waals surface area contributed by atoms with Gasteiger partial charge in [-0.1, -0.05) is 6.92 Å². The first-order chi connectivity index (χ1) is 7.77. The summed E-state index contributed by atoms with van der Waals surface area (Å²) in [5.41, 5.74) is 5.66. The van der Waals surface area contributed by atoms with Crippen molar-refractivity contribution in [3.8, 4) is 0 Å². The van der Waals surface area contributed by atoms with E-state index in [1.165, 1.54) is 0 Å². The first-order valence-corrected chi connectivity index (χ1v) is 6.33. The van der Waals surface area contributed by atoms with Gasteiger partial charge in [0.2, 0.25) is 5.91 Å². The molecule has 2 atom stereocenters. The lowest BCUT2D eigenvalue weighted by molar-refractivity contribution is -0.125. The number of amides is 1. The van der Waals surface area contributed by atoms with Crippen molar-refractivity contribution in [3.63, 3.8) is 0 Å². The average molecular weight is 228 g/mol. The molecule has 94 valence electrons. The molecular weight excluding hydrogens is 204 g/mol. The average Bonchev–Trinajstić information content (AvgIpc) is 2.34. The van der Waals surface area contributed by atoms with E-state index in [1.807, 2.05) is 6.92 Å². The van der Waals surface area contributed by atoms with Crippen LogP contribution >= 0.6 is 0 Å². The molecule has 1 rings (SSSR count). The van der Waals surface area contributed by atoms with Crippen molar-refractivity contribution in [2.45, 2.75) is 32.6 Å². The highest BCUT2D eigenvalue weighted by Gasteiger charge is 2.23. The number of nitrogens with two attached hydrogens (primary N) is 1. The molecule has 1 saturated heterocycles. The van der Waals surface area contributed by atoms with E-state index in [0.29, 0.717) is 12.5 Å². The summed E-state index contributed by atoms with van der Waals surface area (Å²) < 4.78 is 5.42. The molecule has 0 aromatic carbocycles. The number of carbonyl (C=O) groups is 1. The molecule has 1 fully saturated rings. The van der Waals surface area contributed by atoms with Gasteiger partial charge in [-0.05, 0) is 31.6 Å². The van der Waals surface area contributed by atoms with Gasteiger partial charge in [-0.25, -0.2) is 0 Å². The maximum Gasteiger partial charge on any atom is 0.224 e. The molecule has 0 spiro atoms. The van der Waals surface area contributed by atoms with Crippen molar-refractivity contribution in [1.82, 2.24) is 5.32 Å². The lowest BCUT2D eigenvalue weighted by Crippen LogP contribution is -2.37. The molecule has 3 N–H and O–H groups in total. The number of hydrogen-bond donors (Lipinski definition) is 2. The van der Waals surface area contributed by atoms with Crippen molar-refractivity contribution in [1.29, 1.82) is 0 Å². The van der Waals surface area contributed by atoms with Crippen molar-refractivity contribution in [2.75, 3.05) is 26.3 Å². The highest BCUT2D eigenvalue weighted by atomic mass is 16.5. The van der Waals surface area contributed by atoms with E-state index in [0.717, 1.165) is 45.4 Å². The van der Waals surface area contributed by atoms with Crippen molar-refractivity contribution < 1.29 is 9.53 Å². The van der Waals surface area contributed by atoms with Crippen LogP contribution in [-0.2, 0) is 9.53 Å². The minimum atomic E-state index is -0.0433. The van der Waals surface area contributed by atoms with Gasteiger partial charge in [-0.3, -0.25) is 4.79 Å². The first kappa shape index (κ1) is 13.5. The van der Waals surface area contributed by atoms with Crippen LogP contribution in [0.15, 0.2) is 0 Å². The molecule has 0 aliphatic carbocycles. The van der Waals surface area contributed by atoms with Gasteiger partial charge in [-0.2, -0.15) is 0 Å². The zero-order valence-corrected chi connectivity index (χ0v) is 10.2. The standard InChI is InChI=1S/C12H24N2O2/c1-2-5-14-12(15)11(8-13)7-10-4-3-6-16-9-10/h10-11H,2-9,13H2,1H3,(H,14,15). The van der Waals surface area contributed by atoms with E-state index in [1.54, 1.807) is 0 Å². The van der Waals surface area contributed by atoms with Gasteiger partial charge in [0.15, 0.2) is 0 Å². The van der Waals surface area contributed by atoms with Crippen molar-refractivity contribution in [2.24, 2.45) is 17.6 Å². The number of nitrogens with one attached hydrogen (secondary N) is 1. The molecule has 4 heteroatoms. The third-order valence-corrected chi connectivity index (χ3v) is 3.08. The molecule has 1 amide bonds. The minimum Gasteiger partial charge on any atom is -0.381 e. The van der Waals surface area contributed by atoms with Crippen LogP contribution in [0.25, 0.3) is 0 Å². The molecule has 1 aliphatic heterocycles. The lowest BCUT2D eigenvalue weighted by atomic mass is 9.90. The molecular formula is C12H24N2O2. The van der Waals surface area contributed by atoms with Crippen molar-refractivity contribution in [3.05, 3.63) is 0 Å². The minimum absolute atomic E-state index is 0.0433. The van der Waals surface area contributed by atoms with Gasteiger partial charge in [0.05, 0.1) is 5.92 Å². The maximum absolute atomic E-state index is 11.8. The second-order valence-corrected chi connectivity index (χ2v) is 4.54. The summed E-state index contributed by atoms with van der Waals surface area (Å²) in [5, 5.41) is 2.91. The second-order valence-electron chi connectivity index (χ2n) is 4.54. The number of hydrogen-bond acceptors (Lipinski definition) is 3. The summed E-state index contributed by atoms with van der Waals surface area (Å²) in [6.07, 6.45) is 4.11. The highest BCUT2D eigenvalue weighted by Crippen LogP contribution is 2.21. The van der Waals surface area contributed by atoms with Crippen LogP contribution < -0.4 is 11.1 Å². The Morgan fingerprint density at radius 1 is 1.62 bits per heavy atom. The highest BCUT2D eigenvalue weighted by molar-refractivity contribution is 5.78. The fraction of sp³-hybridized carbons (Fsp3) is 0.917. The van der Waals surface area contributed by atoms with E-state index >= 15 is 0 Å². The third kappa shape index (κ3) is 4.49. The largest absolute Gasteiger partial charge is 0.381 e. The molecule has 1 heterocycles. The molecule has 0 aromatic heterocycles. The van der Waals surface area contributed by atoms with E-state index in [-0.39, 0.29) is 11.8 Å². The van der Waals surface area contributed by atoms with E-state index < -0.39 is 0 Å². The van der Waals surface area contributed by atoms with Crippen LogP contribution in [-0.4, -0.2) is 32.2 Å². The summed E-state index contributed by atoms with van der Waals surface area (Å²) in [6, 6.07) is 0. The van der Waals surface area contributed by atoms with Crippen LogP contribution in [0.4, 0.5) is 0 Å². The smallest absolute Gasteiger partial charge is 0.224 e. The molecule has 0 aromatic rings. The summed E-state index contributed by atoms with van der Waals surface area (Å²) in [5.74, 6) is 0.572. The van der Waals surface area contributed by atoms with Crippen LogP contribution in [0.1, 0.15) is 32.6 Å². The Labute approximate surface area is 97.9 Å². The number of ether oxygens (including phenoxy) is 1. The first-order valence-electron chi connectivity index (χ1n) is 6.33. The Bertz CT molecular complexity index is 203. The Morgan fingerprint density at radius 3 is 3.00 bits per heavy atom. The predicted molar refractivity (Wildman–Crippen MR) is 64.0 cm³/mol. The van der Waals surface area contributed by atoms with Gasteiger partial charge in [0.25, 0.3) is 0 Å². The summed E-state index contributed by atoms with van der Waals surface area (Å²) in [6.45, 7) is 4.89. The molecule has 0 saturated carbocycles. The van der Waals surface area contributed by atoms with Gasteiger partial charge < -0.3 is 15.8 Å². The van der Waals surface area contributed by atoms with Crippen LogP contribution in [0.3, 0.4) is 0 Å². The van der Waals surface area contributed by atoms with Gasteiger partial charge in [0.1, 0.15) is 0 Å². The van der Waals surface area contributed by atoms with Crippen LogP contribution in [0.2, 0.25) is 0 Å². The topological polar surface area (TPSA) is 64.4 Å². The van der Waals surface area contributed by atoms with Crippen LogP contribution in [0, 0.1) is 11.8 Å². The Hall–Kier alpha value is -0.610. The molecule has 0 bridgehead atoms. The summed E-state index contributed by atoms with van der Waals surface area (Å²) in [4.78, 5) is 11.8. The van der Waals surface area contributed by atoms with E-state index in [2.05, 4.69) is 5.32 Å². The number of rotatable bonds is 6. The van der Waals surface area contributed by atoms with E-state index in [4.69, 9.17) is 10.5 Å². The van der Waals surface area contributed by atoms with Gasteiger partial charge in [-0.15, -0.1) is 0 Å². The van der Waals surface area contributed by atoms with Crippen LogP contribution in [0.5, 0.6) is 0 Å². The van der Waals surface area contributed by atoms with Gasteiger partial charge >= 0.3 is 0 Å². The summed E-state index contributed by atoms with van der Waals surface area (Å²) in [7, 11) is 0. The lowest BCUT2D eigenvalue weighted by Gasteiger charge is -2.25. The van der Waals surface area contributed by atoms with E-state index in [9.17, 15) is 4.79 Å². The molecule has 4 nitrogen and oxygen atoms in total. The monoisotopic (exact) mass is 228 g/mol. The third-order valence-electron chi connectivity index (χ3n) is 3.08. The Kier molecular flexibility index (Phi) is 6.42. The fourth-order valence-electron chi connectivity index (χ4n) is 2.10. The molecule has 16 heavy (non-hydrogen) atoms.